The topological polar surface area (TPSA) is 59.0 Å². The van der Waals surface area contributed by atoms with Crippen LogP contribution in [0.1, 0.15) is 5.56 Å². The Morgan fingerprint density at radius 1 is 1.17 bits per heavy atom. The van der Waals surface area contributed by atoms with Crippen LogP contribution in [0.15, 0.2) is 48.5 Å². The minimum atomic E-state index is -0.0631. The van der Waals surface area contributed by atoms with Crippen molar-refractivity contribution in [2.75, 3.05) is 20.2 Å². The van der Waals surface area contributed by atoms with Crippen molar-refractivity contribution in [3.8, 4) is 17.2 Å². The van der Waals surface area contributed by atoms with Gasteiger partial charge in [0.25, 0.3) is 0 Å². The molecule has 1 unspecified atom stereocenters. The summed E-state index contributed by atoms with van der Waals surface area (Å²) in [6.45, 7) is 0.674. The number of hydrogen-bond donors (Lipinski definition) is 1. The van der Waals surface area contributed by atoms with Crippen LogP contribution in [-0.4, -0.2) is 42.2 Å². The van der Waals surface area contributed by atoms with E-state index in [1.165, 1.54) is 0 Å². The summed E-state index contributed by atoms with van der Waals surface area (Å²) in [5, 5.41) is 9.85. The van der Waals surface area contributed by atoms with Crippen molar-refractivity contribution in [3.05, 3.63) is 54.1 Å². The number of likely N-dealkylation sites (N-methyl/N-ethyl adjacent to an activating group) is 1. The van der Waals surface area contributed by atoms with Gasteiger partial charge in [-0.05, 0) is 23.8 Å². The number of para-hydroxylation sites is 3. The minimum absolute atomic E-state index is 0.00000647. The summed E-state index contributed by atoms with van der Waals surface area (Å²) in [7, 11) is 1.78. The van der Waals surface area contributed by atoms with Crippen LogP contribution in [0.25, 0.3) is 0 Å². The normalized spacial score (nSPS) is 18.0. The number of carbonyl (C=O) groups excluding carboxylic acids is 1. The van der Waals surface area contributed by atoms with E-state index in [9.17, 15) is 9.90 Å². The Kier molecular flexibility index (Phi) is 4.48. The molecule has 23 heavy (non-hydrogen) atoms. The molecule has 0 aliphatic carbocycles. The van der Waals surface area contributed by atoms with Crippen molar-refractivity contribution in [1.82, 2.24) is 4.90 Å². The lowest BCUT2D eigenvalue weighted by molar-refractivity contribution is -0.146. The lowest BCUT2D eigenvalue weighted by atomic mass is 10.1. The molecule has 120 valence electrons. The first-order chi connectivity index (χ1) is 11.1. The van der Waals surface area contributed by atoms with Crippen LogP contribution in [0.4, 0.5) is 0 Å². The third-order valence-corrected chi connectivity index (χ3v) is 3.85. The Hall–Kier alpha value is -2.53. The van der Waals surface area contributed by atoms with E-state index >= 15 is 0 Å². The number of amides is 1. The van der Waals surface area contributed by atoms with E-state index in [0.717, 1.165) is 5.56 Å². The zero-order chi connectivity index (χ0) is 16.2. The van der Waals surface area contributed by atoms with Gasteiger partial charge < -0.3 is 19.5 Å². The summed E-state index contributed by atoms with van der Waals surface area (Å²) >= 11 is 0. The summed E-state index contributed by atoms with van der Waals surface area (Å²) in [5.74, 6) is 1.19. The molecular weight excluding hydrogens is 294 g/mol. The van der Waals surface area contributed by atoms with Crippen LogP contribution in [-0.2, 0) is 16.0 Å². The number of phenolic OH excluding ortho intramolecular Hbond substituents is 1. The molecule has 5 heteroatoms. The van der Waals surface area contributed by atoms with Crippen molar-refractivity contribution >= 4 is 5.91 Å². The molecule has 1 heterocycles. The van der Waals surface area contributed by atoms with Crippen molar-refractivity contribution in [2.45, 2.75) is 12.5 Å². The average Bonchev–Trinajstić information content (AvgIpc) is 2.55. The third-order valence-electron chi connectivity index (χ3n) is 3.85. The van der Waals surface area contributed by atoms with Gasteiger partial charge >= 0.3 is 0 Å². The molecule has 3 rings (SSSR count). The van der Waals surface area contributed by atoms with Gasteiger partial charge in [0.15, 0.2) is 11.5 Å². The second kappa shape index (κ2) is 6.71. The Bertz CT molecular complexity index is 701. The molecule has 0 aromatic heterocycles. The van der Waals surface area contributed by atoms with Crippen LogP contribution in [0.5, 0.6) is 17.2 Å². The molecule has 0 bridgehead atoms. The quantitative estimate of drug-likeness (QED) is 0.942. The zero-order valence-electron chi connectivity index (χ0n) is 12.9. The van der Waals surface area contributed by atoms with Crippen molar-refractivity contribution in [3.63, 3.8) is 0 Å². The van der Waals surface area contributed by atoms with Crippen molar-refractivity contribution in [1.29, 1.82) is 0 Å². The van der Waals surface area contributed by atoms with Crippen LogP contribution in [0, 0.1) is 0 Å². The van der Waals surface area contributed by atoms with Crippen LogP contribution in [0.2, 0.25) is 0 Å². The molecule has 1 aliphatic rings. The molecule has 2 aromatic carbocycles. The fourth-order valence-corrected chi connectivity index (χ4v) is 2.56. The van der Waals surface area contributed by atoms with Crippen LogP contribution < -0.4 is 4.74 Å². The number of benzene rings is 2. The molecule has 1 amide bonds. The summed E-state index contributed by atoms with van der Waals surface area (Å²) < 4.78 is 11.4. The van der Waals surface area contributed by atoms with Gasteiger partial charge in [0.1, 0.15) is 12.4 Å². The summed E-state index contributed by atoms with van der Waals surface area (Å²) in [4.78, 5) is 13.2. The van der Waals surface area contributed by atoms with E-state index in [2.05, 4.69) is 0 Å². The Morgan fingerprint density at radius 2 is 1.87 bits per heavy atom. The highest BCUT2D eigenvalue weighted by Gasteiger charge is 2.24. The molecule has 1 fully saturated rings. The van der Waals surface area contributed by atoms with Gasteiger partial charge in [0, 0.05) is 20.0 Å². The Morgan fingerprint density at radius 3 is 2.61 bits per heavy atom. The number of aromatic hydroxyl groups is 1. The van der Waals surface area contributed by atoms with Gasteiger partial charge in [-0.3, -0.25) is 4.79 Å². The highest BCUT2D eigenvalue weighted by Crippen LogP contribution is 2.32. The predicted molar refractivity (Wildman–Crippen MR) is 85.7 cm³/mol. The minimum Gasteiger partial charge on any atom is -0.504 e. The van der Waals surface area contributed by atoms with E-state index in [0.29, 0.717) is 24.5 Å². The first kappa shape index (κ1) is 15.4. The highest BCUT2D eigenvalue weighted by molar-refractivity contribution is 5.77. The molecule has 0 spiro atoms. The maximum absolute atomic E-state index is 11.5. The van der Waals surface area contributed by atoms with Gasteiger partial charge in [-0.15, -0.1) is 0 Å². The molecule has 2 aromatic rings. The monoisotopic (exact) mass is 313 g/mol. The van der Waals surface area contributed by atoms with E-state index < -0.39 is 0 Å². The Balaban J connectivity index is 1.76. The molecular formula is C18H19NO4. The largest absolute Gasteiger partial charge is 0.504 e. The van der Waals surface area contributed by atoms with Crippen LogP contribution in [0.3, 0.4) is 0 Å². The van der Waals surface area contributed by atoms with E-state index in [1.807, 2.05) is 30.3 Å². The first-order valence-corrected chi connectivity index (χ1v) is 7.53. The van der Waals surface area contributed by atoms with Crippen molar-refractivity contribution in [2.24, 2.45) is 0 Å². The smallest absolute Gasteiger partial charge is 0.248 e. The number of ether oxygens (including phenoxy) is 2. The zero-order valence-corrected chi connectivity index (χ0v) is 12.9. The first-order valence-electron chi connectivity index (χ1n) is 7.53. The maximum Gasteiger partial charge on any atom is 0.248 e. The fourth-order valence-electron chi connectivity index (χ4n) is 2.56. The van der Waals surface area contributed by atoms with Gasteiger partial charge in [-0.25, -0.2) is 0 Å². The number of phenols is 1. The maximum atomic E-state index is 11.5. The number of rotatable bonds is 4. The van der Waals surface area contributed by atoms with Crippen LogP contribution >= 0.6 is 0 Å². The molecule has 5 nitrogen and oxygen atoms in total. The summed E-state index contributed by atoms with van der Waals surface area (Å²) in [5.41, 5.74) is 0.975. The number of morpholine rings is 1. The van der Waals surface area contributed by atoms with E-state index in [1.54, 1.807) is 30.1 Å². The fraction of sp³-hybridized carbons (Fsp3) is 0.278. The van der Waals surface area contributed by atoms with Gasteiger partial charge in [0.05, 0.1) is 6.10 Å². The SMILES string of the molecule is CN1CC(Cc2ccccc2Oc2ccccc2O)OCC1=O. The molecule has 1 N–H and O–H groups in total. The number of hydrogen-bond acceptors (Lipinski definition) is 4. The number of carbonyl (C=O) groups is 1. The average molecular weight is 313 g/mol. The van der Waals surface area contributed by atoms with Gasteiger partial charge in [0.2, 0.25) is 5.91 Å². The third kappa shape index (κ3) is 3.63. The van der Waals surface area contributed by atoms with E-state index in [4.69, 9.17) is 9.47 Å². The molecule has 0 saturated carbocycles. The highest BCUT2D eigenvalue weighted by atomic mass is 16.5. The number of nitrogens with zero attached hydrogens (tertiary/aromatic N) is 1. The summed E-state index contributed by atoms with van der Waals surface area (Å²) in [6.07, 6.45) is 0.577. The van der Waals surface area contributed by atoms with Gasteiger partial charge in [-0.1, -0.05) is 30.3 Å². The standard InChI is InChI=1S/C18H19NO4/c1-19-11-14(22-12-18(19)21)10-13-6-2-4-8-16(13)23-17-9-5-3-7-15(17)20/h2-9,14,20H,10-12H2,1H3. The van der Waals surface area contributed by atoms with Crippen molar-refractivity contribution < 1.29 is 19.4 Å². The Labute approximate surface area is 135 Å². The second-order valence-corrected chi connectivity index (χ2v) is 5.59. The predicted octanol–water partition coefficient (Wildman–Crippen LogP) is 2.58. The van der Waals surface area contributed by atoms with Gasteiger partial charge in [-0.2, -0.15) is 0 Å². The molecule has 1 atom stereocenters. The lowest BCUT2D eigenvalue weighted by Crippen LogP contribution is -2.45. The second-order valence-electron chi connectivity index (χ2n) is 5.59. The van der Waals surface area contributed by atoms with E-state index in [-0.39, 0.29) is 24.4 Å². The summed E-state index contributed by atoms with van der Waals surface area (Å²) in [6, 6.07) is 14.5. The lowest BCUT2D eigenvalue weighted by Gasteiger charge is -2.30. The molecule has 1 aliphatic heterocycles. The molecule has 0 radical (unpaired) electrons. The molecule has 1 saturated heterocycles.